The van der Waals surface area contributed by atoms with Crippen molar-refractivity contribution in [2.75, 3.05) is 0 Å². The first-order valence-corrected chi connectivity index (χ1v) is 3.83. The molecular formula is C10H12O2. The smallest absolute Gasteiger partial charge is 0.126 e. The maximum atomic E-state index is 9.25. The molecule has 1 rings (SSSR count). The van der Waals surface area contributed by atoms with Gasteiger partial charge in [0, 0.05) is 0 Å². The molecule has 0 spiro atoms. The fourth-order valence-electron chi connectivity index (χ4n) is 0.841. The standard InChI is InChI=1S/C10H12O2/c1-2-4-9(11)6-7-10-5-3-8-12-10/h2-3,5-9,11H,1,4H2/t9-/m1/s1. The zero-order valence-electron chi connectivity index (χ0n) is 6.81. The molecule has 1 aromatic rings. The van der Waals surface area contributed by atoms with Crippen molar-refractivity contribution < 1.29 is 9.52 Å². The molecule has 0 unspecified atom stereocenters. The summed E-state index contributed by atoms with van der Waals surface area (Å²) in [4.78, 5) is 0. The van der Waals surface area contributed by atoms with E-state index in [1.54, 1.807) is 30.6 Å². The molecule has 0 bridgehead atoms. The van der Waals surface area contributed by atoms with Crippen LogP contribution >= 0.6 is 0 Å². The lowest BCUT2D eigenvalue weighted by atomic mass is 10.2. The van der Waals surface area contributed by atoms with Gasteiger partial charge in [-0.1, -0.05) is 12.2 Å². The highest BCUT2D eigenvalue weighted by molar-refractivity contribution is 5.42. The summed E-state index contributed by atoms with van der Waals surface area (Å²) in [5.74, 6) is 0.748. The molecule has 0 aromatic carbocycles. The predicted molar refractivity (Wildman–Crippen MR) is 48.6 cm³/mol. The Morgan fingerprint density at radius 2 is 2.50 bits per heavy atom. The number of rotatable bonds is 4. The zero-order valence-corrected chi connectivity index (χ0v) is 6.81. The van der Waals surface area contributed by atoms with Crippen molar-refractivity contribution in [1.29, 1.82) is 0 Å². The molecular weight excluding hydrogens is 152 g/mol. The highest BCUT2D eigenvalue weighted by Crippen LogP contribution is 2.04. The van der Waals surface area contributed by atoms with Gasteiger partial charge in [-0.2, -0.15) is 0 Å². The third kappa shape index (κ3) is 2.76. The Morgan fingerprint density at radius 3 is 3.08 bits per heavy atom. The highest BCUT2D eigenvalue weighted by Gasteiger charge is 1.94. The van der Waals surface area contributed by atoms with Crippen LogP contribution in [0.3, 0.4) is 0 Å². The summed E-state index contributed by atoms with van der Waals surface area (Å²) in [7, 11) is 0. The summed E-state index contributed by atoms with van der Waals surface area (Å²) in [6, 6.07) is 3.64. The van der Waals surface area contributed by atoms with Gasteiger partial charge in [-0.25, -0.2) is 0 Å². The minimum atomic E-state index is -0.465. The average molecular weight is 164 g/mol. The summed E-state index contributed by atoms with van der Waals surface area (Å²) in [5.41, 5.74) is 0. The molecule has 12 heavy (non-hydrogen) atoms. The summed E-state index contributed by atoms with van der Waals surface area (Å²) in [5, 5.41) is 9.25. The van der Waals surface area contributed by atoms with E-state index in [0.717, 1.165) is 5.76 Å². The topological polar surface area (TPSA) is 33.4 Å². The summed E-state index contributed by atoms with van der Waals surface area (Å²) in [6.45, 7) is 3.53. The van der Waals surface area contributed by atoms with Crippen LogP contribution in [0.4, 0.5) is 0 Å². The van der Waals surface area contributed by atoms with Crippen molar-refractivity contribution in [3.63, 3.8) is 0 Å². The van der Waals surface area contributed by atoms with Crippen LogP contribution in [0.25, 0.3) is 6.08 Å². The number of hydrogen-bond acceptors (Lipinski definition) is 2. The van der Waals surface area contributed by atoms with Crippen LogP contribution in [0.15, 0.2) is 41.5 Å². The fraction of sp³-hybridized carbons (Fsp3) is 0.200. The summed E-state index contributed by atoms with van der Waals surface area (Å²) in [6.07, 6.45) is 6.80. The van der Waals surface area contributed by atoms with E-state index >= 15 is 0 Å². The Morgan fingerprint density at radius 1 is 1.67 bits per heavy atom. The quantitative estimate of drug-likeness (QED) is 0.692. The van der Waals surface area contributed by atoms with Crippen molar-refractivity contribution in [2.45, 2.75) is 12.5 Å². The molecule has 0 amide bonds. The van der Waals surface area contributed by atoms with Gasteiger partial charge in [-0.05, 0) is 24.6 Å². The first-order valence-electron chi connectivity index (χ1n) is 3.83. The van der Waals surface area contributed by atoms with E-state index < -0.39 is 6.10 Å². The van der Waals surface area contributed by atoms with Crippen LogP contribution in [-0.2, 0) is 0 Å². The maximum Gasteiger partial charge on any atom is 0.126 e. The molecule has 0 radical (unpaired) electrons. The summed E-state index contributed by atoms with van der Waals surface area (Å²) >= 11 is 0. The van der Waals surface area contributed by atoms with E-state index in [2.05, 4.69) is 6.58 Å². The van der Waals surface area contributed by atoms with E-state index in [4.69, 9.17) is 4.42 Å². The molecule has 2 nitrogen and oxygen atoms in total. The van der Waals surface area contributed by atoms with E-state index in [9.17, 15) is 5.11 Å². The van der Waals surface area contributed by atoms with Gasteiger partial charge in [0.1, 0.15) is 5.76 Å². The van der Waals surface area contributed by atoms with Crippen LogP contribution in [0, 0.1) is 0 Å². The van der Waals surface area contributed by atoms with Gasteiger partial charge in [0.25, 0.3) is 0 Å². The van der Waals surface area contributed by atoms with Gasteiger partial charge in [-0.3, -0.25) is 0 Å². The molecule has 0 fully saturated rings. The van der Waals surface area contributed by atoms with E-state index in [-0.39, 0.29) is 0 Å². The van der Waals surface area contributed by atoms with Crippen LogP contribution in [-0.4, -0.2) is 11.2 Å². The van der Waals surface area contributed by atoms with Gasteiger partial charge in [-0.15, -0.1) is 6.58 Å². The molecule has 1 aromatic heterocycles. The molecule has 64 valence electrons. The Labute approximate surface area is 71.8 Å². The lowest BCUT2D eigenvalue weighted by Crippen LogP contribution is -1.98. The maximum absolute atomic E-state index is 9.25. The van der Waals surface area contributed by atoms with E-state index in [1.165, 1.54) is 0 Å². The Bertz CT molecular complexity index is 247. The van der Waals surface area contributed by atoms with Crippen LogP contribution < -0.4 is 0 Å². The lowest BCUT2D eigenvalue weighted by molar-refractivity contribution is 0.228. The zero-order chi connectivity index (χ0) is 8.81. The molecule has 0 aliphatic heterocycles. The average Bonchev–Trinajstić information content (AvgIpc) is 2.53. The monoisotopic (exact) mass is 164 g/mol. The Kier molecular flexibility index (Phi) is 3.35. The molecule has 0 aliphatic rings. The van der Waals surface area contributed by atoms with Gasteiger partial charge >= 0.3 is 0 Å². The first kappa shape index (κ1) is 8.81. The van der Waals surface area contributed by atoms with Gasteiger partial charge < -0.3 is 9.52 Å². The van der Waals surface area contributed by atoms with Crippen molar-refractivity contribution in [1.82, 2.24) is 0 Å². The van der Waals surface area contributed by atoms with Crippen molar-refractivity contribution >= 4 is 6.08 Å². The predicted octanol–water partition coefficient (Wildman–Crippen LogP) is 2.23. The molecule has 1 heterocycles. The molecule has 2 heteroatoms. The normalized spacial score (nSPS) is 13.4. The van der Waals surface area contributed by atoms with Crippen molar-refractivity contribution in [3.05, 3.63) is 42.9 Å². The second-order valence-electron chi connectivity index (χ2n) is 2.47. The largest absolute Gasteiger partial charge is 0.465 e. The van der Waals surface area contributed by atoms with E-state index in [1.807, 2.05) is 6.07 Å². The second kappa shape index (κ2) is 4.57. The van der Waals surface area contributed by atoms with Gasteiger partial charge in [0.2, 0.25) is 0 Å². The second-order valence-corrected chi connectivity index (χ2v) is 2.47. The highest BCUT2D eigenvalue weighted by atomic mass is 16.3. The number of hydrogen-bond donors (Lipinski definition) is 1. The van der Waals surface area contributed by atoms with Crippen LogP contribution in [0.1, 0.15) is 12.2 Å². The molecule has 1 N–H and O–H groups in total. The number of furan rings is 1. The fourth-order valence-corrected chi connectivity index (χ4v) is 0.841. The lowest BCUT2D eigenvalue weighted by Gasteiger charge is -1.97. The van der Waals surface area contributed by atoms with Crippen molar-refractivity contribution in [2.24, 2.45) is 0 Å². The van der Waals surface area contributed by atoms with Crippen molar-refractivity contribution in [3.8, 4) is 0 Å². The molecule has 0 saturated carbocycles. The minimum absolute atomic E-state index is 0.465. The van der Waals surface area contributed by atoms with Gasteiger partial charge in [0.05, 0.1) is 12.4 Å². The SMILES string of the molecule is C=CC[C@@H](O)C=Cc1ccco1. The number of aliphatic hydroxyl groups is 1. The van der Waals surface area contributed by atoms with E-state index in [0.29, 0.717) is 6.42 Å². The van der Waals surface area contributed by atoms with Crippen LogP contribution in [0.5, 0.6) is 0 Å². The minimum Gasteiger partial charge on any atom is -0.465 e. The number of aliphatic hydroxyl groups excluding tert-OH is 1. The first-order chi connectivity index (χ1) is 5.83. The third-order valence-corrected chi connectivity index (χ3v) is 1.43. The third-order valence-electron chi connectivity index (χ3n) is 1.43. The Hall–Kier alpha value is -1.28. The summed E-state index contributed by atoms with van der Waals surface area (Å²) < 4.78 is 5.04. The molecule has 1 atom stereocenters. The van der Waals surface area contributed by atoms with Crippen LogP contribution in [0.2, 0.25) is 0 Å². The Balaban J connectivity index is 2.44. The molecule has 0 aliphatic carbocycles. The van der Waals surface area contributed by atoms with Gasteiger partial charge in [0.15, 0.2) is 0 Å². The molecule has 0 saturated heterocycles.